The maximum Gasteiger partial charge on any atom is 0.259 e. The van der Waals surface area contributed by atoms with E-state index in [1.165, 1.54) is 0 Å². The molecule has 0 saturated heterocycles. The van der Waals surface area contributed by atoms with Gasteiger partial charge in [-0.15, -0.1) is 0 Å². The molecule has 4 aromatic rings. The number of imidazole rings is 1. The Labute approximate surface area is 209 Å². The highest BCUT2D eigenvalue weighted by Gasteiger charge is 2.15. The Balaban J connectivity index is 1.75. The lowest BCUT2D eigenvalue weighted by molar-refractivity contribution is 0.0954. The minimum absolute atomic E-state index is 0.122. The van der Waals surface area contributed by atoms with Crippen LogP contribution in [0.5, 0.6) is 0 Å². The lowest BCUT2D eigenvalue weighted by Gasteiger charge is -2.15. The number of nitrogens with one attached hydrogen (secondary N) is 2. The highest BCUT2D eigenvalue weighted by Crippen LogP contribution is 2.25. The number of hydrogen-bond donors (Lipinski definition) is 2. The van der Waals surface area contributed by atoms with E-state index in [4.69, 9.17) is 16.6 Å². The van der Waals surface area contributed by atoms with Gasteiger partial charge in [-0.1, -0.05) is 55.6 Å². The molecule has 2 aromatic heterocycles. The molecule has 4 rings (SSSR count). The molecule has 2 N–H and O–H groups in total. The minimum atomic E-state index is -0.150. The van der Waals surface area contributed by atoms with Gasteiger partial charge >= 0.3 is 0 Å². The third-order valence-corrected chi connectivity index (χ3v) is 6.20. The molecule has 35 heavy (non-hydrogen) atoms. The fraction of sp³-hybridized carbons (Fsp3) is 0.296. The number of fused-ring (bicyclic) bond motifs is 1. The molecule has 0 aliphatic carbocycles. The molecule has 0 fully saturated rings. The van der Waals surface area contributed by atoms with Crippen molar-refractivity contribution in [2.75, 3.05) is 20.1 Å². The maximum absolute atomic E-state index is 13.1. The van der Waals surface area contributed by atoms with E-state index in [1.54, 1.807) is 28.8 Å². The van der Waals surface area contributed by atoms with Crippen molar-refractivity contribution in [2.45, 2.75) is 32.7 Å². The summed E-state index contributed by atoms with van der Waals surface area (Å²) in [6.07, 6.45) is 4.92. The van der Waals surface area contributed by atoms with Crippen molar-refractivity contribution >= 4 is 23.3 Å². The first-order valence-corrected chi connectivity index (χ1v) is 12.3. The van der Waals surface area contributed by atoms with Crippen LogP contribution in [0.15, 0.2) is 65.6 Å². The number of likely N-dealkylation sites (N-methyl/N-ethyl adjacent to an activating group) is 1. The van der Waals surface area contributed by atoms with E-state index in [2.05, 4.69) is 22.1 Å². The quantitative estimate of drug-likeness (QED) is 0.317. The molecule has 0 atom stereocenters. The number of aryl methyl sites for hydroxylation is 1. The van der Waals surface area contributed by atoms with Gasteiger partial charge in [-0.2, -0.15) is 0 Å². The van der Waals surface area contributed by atoms with Crippen LogP contribution in [0.2, 0.25) is 5.02 Å². The van der Waals surface area contributed by atoms with Crippen LogP contribution in [-0.2, 0) is 6.54 Å². The number of hydrogen-bond acceptors (Lipinski definition) is 4. The predicted molar refractivity (Wildman–Crippen MR) is 141 cm³/mol. The summed E-state index contributed by atoms with van der Waals surface area (Å²) in [5, 5.41) is 6.54. The molecule has 7 nitrogen and oxygen atoms in total. The van der Waals surface area contributed by atoms with Gasteiger partial charge < -0.3 is 15.2 Å². The smallest absolute Gasteiger partial charge is 0.259 e. The molecule has 0 aliphatic rings. The van der Waals surface area contributed by atoms with Crippen LogP contribution in [0.3, 0.4) is 0 Å². The van der Waals surface area contributed by atoms with Crippen LogP contribution in [0.4, 0.5) is 0 Å². The van der Waals surface area contributed by atoms with Crippen molar-refractivity contribution in [3.63, 3.8) is 0 Å². The Bertz CT molecular complexity index is 1360. The second kappa shape index (κ2) is 11.3. The molecule has 0 spiro atoms. The molecule has 0 radical (unpaired) electrons. The molecule has 0 bridgehead atoms. The molecule has 1 amide bonds. The molecular weight excluding hydrogens is 462 g/mol. The number of rotatable bonds is 10. The summed E-state index contributed by atoms with van der Waals surface area (Å²) < 4.78 is 3.70. The summed E-state index contributed by atoms with van der Waals surface area (Å²) in [6, 6.07) is 16.4. The van der Waals surface area contributed by atoms with Gasteiger partial charge in [-0.25, -0.2) is 4.98 Å². The van der Waals surface area contributed by atoms with Gasteiger partial charge in [0.15, 0.2) is 0 Å². The minimum Gasteiger partial charge on any atom is -0.351 e. The van der Waals surface area contributed by atoms with Gasteiger partial charge in [0.1, 0.15) is 0 Å². The molecular formula is C27H30ClN5O2. The molecule has 8 heteroatoms. The zero-order chi connectivity index (χ0) is 24.8. The predicted octanol–water partition coefficient (Wildman–Crippen LogP) is 4.62. The molecule has 0 saturated carbocycles. The zero-order valence-corrected chi connectivity index (χ0v) is 20.8. The SMILES string of the molecule is CCCCCn1c(-c2ccc(C(=O)NCCNC)cc2)cc(=O)n2cc(-c3ccc(Cl)cc3)nc12. The summed E-state index contributed by atoms with van der Waals surface area (Å²) >= 11 is 6.04. The third kappa shape index (κ3) is 5.63. The number of halogens is 1. The molecule has 0 aliphatic heterocycles. The average molecular weight is 492 g/mol. The summed E-state index contributed by atoms with van der Waals surface area (Å²) in [5.74, 6) is 0.478. The van der Waals surface area contributed by atoms with E-state index in [1.807, 2.05) is 43.4 Å². The van der Waals surface area contributed by atoms with Crippen LogP contribution in [-0.4, -0.2) is 40.0 Å². The maximum atomic E-state index is 13.1. The third-order valence-electron chi connectivity index (χ3n) is 5.95. The summed E-state index contributed by atoms with van der Waals surface area (Å²) in [6.45, 7) is 4.16. The first-order valence-electron chi connectivity index (χ1n) is 11.9. The largest absolute Gasteiger partial charge is 0.351 e. The topological polar surface area (TPSA) is 80.4 Å². The van der Waals surface area contributed by atoms with Crippen molar-refractivity contribution in [1.82, 2.24) is 24.6 Å². The number of carbonyl (C=O) groups is 1. The van der Waals surface area contributed by atoms with Crippen molar-refractivity contribution in [1.29, 1.82) is 0 Å². The van der Waals surface area contributed by atoms with Gasteiger partial charge in [0, 0.05) is 48.0 Å². The van der Waals surface area contributed by atoms with Crippen molar-refractivity contribution in [2.24, 2.45) is 0 Å². The van der Waals surface area contributed by atoms with Crippen molar-refractivity contribution in [3.05, 3.63) is 81.7 Å². The molecule has 182 valence electrons. The van der Waals surface area contributed by atoms with Crippen molar-refractivity contribution < 1.29 is 4.79 Å². The second-order valence-corrected chi connectivity index (χ2v) is 8.90. The van der Waals surface area contributed by atoms with E-state index in [9.17, 15) is 9.59 Å². The second-order valence-electron chi connectivity index (χ2n) is 8.47. The van der Waals surface area contributed by atoms with Crippen LogP contribution in [0.1, 0.15) is 36.5 Å². The van der Waals surface area contributed by atoms with Gasteiger partial charge in [0.25, 0.3) is 11.5 Å². The van der Waals surface area contributed by atoms with Crippen LogP contribution >= 0.6 is 11.6 Å². The number of amides is 1. The van der Waals surface area contributed by atoms with Gasteiger partial charge in [0.2, 0.25) is 5.78 Å². The molecule has 0 unspecified atom stereocenters. The Morgan fingerprint density at radius 2 is 1.71 bits per heavy atom. The number of benzene rings is 2. The Kier molecular flexibility index (Phi) is 8.00. The van der Waals surface area contributed by atoms with Gasteiger partial charge in [0.05, 0.1) is 11.4 Å². The number of carbonyl (C=O) groups excluding carboxylic acids is 1. The zero-order valence-electron chi connectivity index (χ0n) is 20.1. The lowest BCUT2D eigenvalue weighted by atomic mass is 10.1. The summed E-state index contributed by atoms with van der Waals surface area (Å²) in [4.78, 5) is 30.3. The summed E-state index contributed by atoms with van der Waals surface area (Å²) in [5.41, 5.74) is 3.69. The lowest BCUT2D eigenvalue weighted by Crippen LogP contribution is -2.30. The van der Waals surface area contributed by atoms with E-state index in [0.717, 1.165) is 42.6 Å². The molecule has 2 heterocycles. The number of unbranched alkanes of at least 4 members (excludes halogenated alkanes) is 2. The van der Waals surface area contributed by atoms with Crippen molar-refractivity contribution in [3.8, 4) is 22.5 Å². The number of aromatic nitrogens is 3. The van der Waals surface area contributed by atoms with E-state index in [-0.39, 0.29) is 11.5 Å². The van der Waals surface area contributed by atoms with Gasteiger partial charge in [-0.05, 0) is 43.3 Å². The van der Waals surface area contributed by atoms with E-state index < -0.39 is 0 Å². The fourth-order valence-electron chi connectivity index (χ4n) is 4.03. The first-order chi connectivity index (χ1) is 17.0. The number of nitrogens with zero attached hydrogens (tertiary/aromatic N) is 3. The Morgan fingerprint density at radius 1 is 1.00 bits per heavy atom. The summed E-state index contributed by atoms with van der Waals surface area (Å²) in [7, 11) is 1.84. The van der Waals surface area contributed by atoms with E-state index >= 15 is 0 Å². The van der Waals surface area contributed by atoms with Crippen LogP contribution in [0.25, 0.3) is 28.3 Å². The average Bonchev–Trinajstić information content (AvgIpc) is 3.32. The Hall–Kier alpha value is -3.42. The van der Waals surface area contributed by atoms with Gasteiger partial charge in [-0.3, -0.25) is 14.0 Å². The normalized spacial score (nSPS) is 11.2. The Morgan fingerprint density at radius 3 is 2.40 bits per heavy atom. The van der Waals surface area contributed by atoms with Crippen LogP contribution in [0, 0.1) is 0 Å². The monoisotopic (exact) mass is 491 g/mol. The van der Waals surface area contributed by atoms with E-state index in [0.29, 0.717) is 35.1 Å². The van der Waals surface area contributed by atoms with Crippen LogP contribution < -0.4 is 16.2 Å². The highest BCUT2D eigenvalue weighted by molar-refractivity contribution is 6.30. The molecule has 2 aromatic carbocycles. The standard InChI is InChI=1S/C27H30ClN5O2/c1-3-4-5-16-32-24(20-6-8-21(9-7-20)26(35)30-15-14-29-2)17-25(34)33-18-23(31-27(32)33)19-10-12-22(28)13-11-19/h6-13,17-18,29H,3-5,14-16H2,1-2H3,(H,30,35). The fourth-order valence-corrected chi connectivity index (χ4v) is 4.16. The first kappa shape index (κ1) is 24.7. The highest BCUT2D eigenvalue weighted by atomic mass is 35.5.